The lowest BCUT2D eigenvalue weighted by Crippen LogP contribution is -2.45. The van der Waals surface area contributed by atoms with Gasteiger partial charge in [0.25, 0.3) is 0 Å². The van der Waals surface area contributed by atoms with Gasteiger partial charge >= 0.3 is 12.2 Å². The van der Waals surface area contributed by atoms with Gasteiger partial charge in [-0.05, 0) is 91.2 Å². The molecule has 0 spiro atoms. The molecule has 45 heavy (non-hydrogen) atoms. The molecule has 1 aromatic rings. The van der Waals surface area contributed by atoms with E-state index >= 15 is 0 Å². The third-order valence-corrected chi connectivity index (χ3v) is 7.97. The molecule has 0 bridgehead atoms. The highest BCUT2D eigenvalue weighted by Crippen LogP contribution is 2.25. The second-order valence-electron chi connectivity index (χ2n) is 14.6. The molecule has 3 rings (SSSR count). The molecule has 1 unspecified atom stereocenters. The zero-order chi connectivity index (χ0) is 33.3. The van der Waals surface area contributed by atoms with Crippen LogP contribution in [0.15, 0.2) is 30.3 Å². The minimum absolute atomic E-state index is 0.213. The summed E-state index contributed by atoms with van der Waals surface area (Å²) in [5.74, 6) is 1.09. The molecule has 9 nitrogen and oxygen atoms in total. The maximum atomic E-state index is 12.5. The van der Waals surface area contributed by atoms with Crippen LogP contribution in [0.1, 0.15) is 92.1 Å². The number of hydrogen-bond acceptors (Lipinski definition) is 7. The summed E-state index contributed by atoms with van der Waals surface area (Å²) in [5, 5.41) is 0. The first-order valence-electron chi connectivity index (χ1n) is 17.0. The molecule has 1 heterocycles. The van der Waals surface area contributed by atoms with Crippen LogP contribution in [-0.2, 0) is 25.5 Å². The van der Waals surface area contributed by atoms with Gasteiger partial charge in [-0.15, -0.1) is 0 Å². The molecular formula is C36H63N3O6. The van der Waals surface area contributed by atoms with Crippen molar-refractivity contribution in [3.05, 3.63) is 35.9 Å². The molecule has 2 fully saturated rings. The number of amides is 2. The largest absolute Gasteiger partial charge is 0.444 e. The SMILES string of the molecule is COCCN(CC1CCCCC1)C(=O)OC(C)(C)C.COCCN(CC1CCCN(Cc2ccccc2)C1)C(=O)OC(C)(C)C. The Balaban J connectivity index is 0.000000330. The van der Waals surface area contributed by atoms with Gasteiger partial charge in [-0.3, -0.25) is 4.90 Å². The van der Waals surface area contributed by atoms with Crippen LogP contribution in [0.4, 0.5) is 9.59 Å². The molecule has 0 radical (unpaired) electrons. The topological polar surface area (TPSA) is 80.8 Å². The van der Waals surface area contributed by atoms with E-state index in [-0.39, 0.29) is 12.2 Å². The van der Waals surface area contributed by atoms with E-state index in [1.54, 1.807) is 14.2 Å². The van der Waals surface area contributed by atoms with E-state index in [9.17, 15) is 9.59 Å². The van der Waals surface area contributed by atoms with Gasteiger partial charge < -0.3 is 28.7 Å². The zero-order valence-electron chi connectivity index (χ0n) is 29.6. The molecule has 1 aromatic carbocycles. The van der Waals surface area contributed by atoms with E-state index in [1.165, 1.54) is 44.1 Å². The number of likely N-dealkylation sites (tertiary alicyclic amines) is 1. The fraction of sp³-hybridized carbons (Fsp3) is 0.778. The first kappa shape index (κ1) is 38.8. The number of rotatable bonds is 12. The Morgan fingerprint density at radius 1 is 0.733 bits per heavy atom. The maximum Gasteiger partial charge on any atom is 0.410 e. The van der Waals surface area contributed by atoms with Gasteiger partial charge in [0.1, 0.15) is 11.2 Å². The molecular weight excluding hydrogens is 570 g/mol. The molecule has 9 heteroatoms. The summed E-state index contributed by atoms with van der Waals surface area (Å²) in [5.41, 5.74) is 0.431. The summed E-state index contributed by atoms with van der Waals surface area (Å²) in [7, 11) is 3.32. The summed E-state index contributed by atoms with van der Waals surface area (Å²) in [6.07, 6.45) is 8.24. The summed E-state index contributed by atoms with van der Waals surface area (Å²) in [6.45, 7) is 18.3. The number of methoxy groups -OCH3 is 2. The van der Waals surface area contributed by atoms with Crippen LogP contribution in [0.2, 0.25) is 0 Å². The monoisotopic (exact) mass is 633 g/mol. The molecule has 1 saturated heterocycles. The Morgan fingerprint density at radius 3 is 1.71 bits per heavy atom. The second kappa shape index (κ2) is 20.0. The minimum atomic E-state index is -0.478. The third kappa shape index (κ3) is 17.2. The van der Waals surface area contributed by atoms with Gasteiger partial charge in [0.2, 0.25) is 0 Å². The predicted molar refractivity (Wildman–Crippen MR) is 180 cm³/mol. The molecule has 2 aliphatic rings. The third-order valence-electron chi connectivity index (χ3n) is 7.97. The zero-order valence-corrected chi connectivity index (χ0v) is 29.6. The van der Waals surface area contributed by atoms with Crippen LogP contribution in [0, 0.1) is 11.8 Å². The lowest BCUT2D eigenvalue weighted by Gasteiger charge is -2.36. The average molecular weight is 634 g/mol. The number of piperidine rings is 1. The Bertz CT molecular complexity index is 956. The van der Waals surface area contributed by atoms with E-state index in [2.05, 4.69) is 35.2 Å². The van der Waals surface area contributed by atoms with Gasteiger partial charge in [0, 0.05) is 53.5 Å². The molecule has 0 aromatic heterocycles. The highest BCUT2D eigenvalue weighted by molar-refractivity contribution is 5.68. The smallest absolute Gasteiger partial charge is 0.410 e. The maximum absolute atomic E-state index is 12.5. The van der Waals surface area contributed by atoms with E-state index < -0.39 is 11.2 Å². The summed E-state index contributed by atoms with van der Waals surface area (Å²) < 4.78 is 21.3. The predicted octanol–water partition coefficient (Wildman–Crippen LogP) is 7.23. The van der Waals surface area contributed by atoms with E-state index in [1.807, 2.05) is 51.3 Å². The molecule has 0 N–H and O–H groups in total. The number of carbonyl (C=O) groups is 2. The summed E-state index contributed by atoms with van der Waals surface area (Å²) in [6, 6.07) is 10.6. The Morgan fingerprint density at radius 2 is 1.22 bits per heavy atom. The van der Waals surface area contributed by atoms with Crippen LogP contribution in [0.5, 0.6) is 0 Å². The summed E-state index contributed by atoms with van der Waals surface area (Å²) in [4.78, 5) is 30.8. The first-order chi connectivity index (χ1) is 21.3. The van der Waals surface area contributed by atoms with Gasteiger partial charge in [-0.1, -0.05) is 49.6 Å². The average Bonchev–Trinajstić information content (AvgIpc) is 2.97. The number of nitrogens with zero attached hydrogens (tertiary/aromatic N) is 3. The van der Waals surface area contributed by atoms with Gasteiger partial charge in [0.05, 0.1) is 13.2 Å². The van der Waals surface area contributed by atoms with Crippen LogP contribution in [0.25, 0.3) is 0 Å². The van der Waals surface area contributed by atoms with Crippen molar-refractivity contribution in [2.45, 2.75) is 104 Å². The molecule has 1 saturated carbocycles. The minimum Gasteiger partial charge on any atom is -0.444 e. The molecule has 258 valence electrons. The van der Waals surface area contributed by atoms with Crippen molar-refractivity contribution in [2.24, 2.45) is 11.8 Å². The van der Waals surface area contributed by atoms with Crippen LogP contribution in [0.3, 0.4) is 0 Å². The fourth-order valence-corrected chi connectivity index (χ4v) is 5.85. The van der Waals surface area contributed by atoms with E-state index in [0.717, 1.165) is 39.1 Å². The number of benzene rings is 1. The van der Waals surface area contributed by atoms with Gasteiger partial charge in [0.15, 0.2) is 0 Å². The van der Waals surface area contributed by atoms with Crippen molar-refractivity contribution >= 4 is 12.2 Å². The Hall–Kier alpha value is -2.36. The van der Waals surface area contributed by atoms with Crippen molar-refractivity contribution in [3.63, 3.8) is 0 Å². The lowest BCUT2D eigenvalue weighted by molar-refractivity contribution is 0.0130. The van der Waals surface area contributed by atoms with Crippen LogP contribution in [-0.4, -0.2) is 105 Å². The number of carbonyl (C=O) groups excluding carboxylic acids is 2. The molecule has 1 aliphatic carbocycles. The fourth-order valence-electron chi connectivity index (χ4n) is 5.85. The number of ether oxygens (including phenoxy) is 4. The van der Waals surface area contributed by atoms with E-state index in [0.29, 0.717) is 38.1 Å². The molecule has 1 atom stereocenters. The highest BCUT2D eigenvalue weighted by Gasteiger charge is 2.28. The Labute approximate surface area is 273 Å². The van der Waals surface area contributed by atoms with Gasteiger partial charge in [-0.2, -0.15) is 0 Å². The van der Waals surface area contributed by atoms with Crippen LogP contribution < -0.4 is 0 Å². The van der Waals surface area contributed by atoms with Crippen molar-refractivity contribution in [1.82, 2.24) is 14.7 Å². The Kier molecular flexibility index (Phi) is 17.3. The van der Waals surface area contributed by atoms with Crippen LogP contribution >= 0.6 is 0 Å². The number of hydrogen-bond donors (Lipinski definition) is 0. The first-order valence-corrected chi connectivity index (χ1v) is 17.0. The molecule has 2 amide bonds. The van der Waals surface area contributed by atoms with Crippen molar-refractivity contribution in [2.75, 3.05) is 66.7 Å². The van der Waals surface area contributed by atoms with Crippen molar-refractivity contribution < 1.29 is 28.5 Å². The van der Waals surface area contributed by atoms with E-state index in [4.69, 9.17) is 18.9 Å². The second-order valence-corrected chi connectivity index (χ2v) is 14.6. The van der Waals surface area contributed by atoms with Crippen molar-refractivity contribution in [1.29, 1.82) is 0 Å². The highest BCUT2D eigenvalue weighted by atomic mass is 16.6. The summed E-state index contributed by atoms with van der Waals surface area (Å²) >= 11 is 0. The standard InChI is InChI=1S/C21H34N2O3.C15H29NO3/c1-21(2,3)26-20(24)23(13-14-25-4)17-19-11-8-12-22(16-19)15-18-9-6-5-7-10-18;1-15(2,3)19-14(17)16(10-11-18-4)12-13-8-6-5-7-9-13/h5-7,9-10,19H,8,11-17H2,1-4H3;13H,5-12H2,1-4H3. The quantitative estimate of drug-likeness (QED) is 0.240. The lowest BCUT2D eigenvalue weighted by atomic mass is 9.89. The molecule has 1 aliphatic heterocycles. The normalized spacial score (nSPS) is 18.0. The van der Waals surface area contributed by atoms with Crippen molar-refractivity contribution in [3.8, 4) is 0 Å². The van der Waals surface area contributed by atoms with Gasteiger partial charge in [-0.25, -0.2) is 9.59 Å².